The Hall–Kier alpha value is -3.07. The molecule has 0 radical (unpaired) electrons. The van der Waals surface area contributed by atoms with Crippen LogP contribution in [0.15, 0.2) is 53.3 Å². The molecule has 31 heavy (non-hydrogen) atoms. The Morgan fingerprint density at radius 1 is 1.06 bits per heavy atom. The van der Waals surface area contributed by atoms with Crippen LogP contribution in [0.3, 0.4) is 0 Å². The molecule has 1 aliphatic heterocycles. The second kappa shape index (κ2) is 8.58. The molecule has 1 N–H and O–H groups in total. The van der Waals surface area contributed by atoms with Crippen molar-refractivity contribution in [2.24, 2.45) is 0 Å². The van der Waals surface area contributed by atoms with Crippen molar-refractivity contribution < 1.29 is 17.9 Å². The summed E-state index contributed by atoms with van der Waals surface area (Å²) in [6.45, 7) is 2.16. The maximum atomic E-state index is 12.7. The van der Waals surface area contributed by atoms with Crippen molar-refractivity contribution in [3.05, 3.63) is 76.0 Å². The molecule has 9 heteroatoms. The summed E-state index contributed by atoms with van der Waals surface area (Å²) in [4.78, 5) is 17.4. The minimum atomic E-state index is -4.32. The number of aromatic amines is 1. The number of halogens is 3. The molecule has 3 aromatic rings. The highest BCUT2D eigenvalue weighted by Gasteiger charge is 2.30. The highest BCUT2D eigenvalue weighted by Crippen LogP contribution is 2.30. The minimum absolute atomic E-state index is 0.135. The van der Waals surface area contributed by atoms with Crippen LogP contribution in [0.2, 0.25) is 0 Å². The second-order valence-electron chi connectivity index (χ2n) is 7.67. The first-order chi connectivity index (χ1) is 14.8. The summed E-state index contributed by atoms with van der Waals surface area (Å²) in [6.07, 6.45) is -2.69. The van der Waals surface area contributed by atoms with Crippen LogP contribution in [0.1, 0.15) is 35.7 Å². The molecule has 0 saturated carbocycles. The van der Waals surface area contributed by atoms with Crippen LogP contribution in [-0.2, 0) is 12.7 Å². The molecule has 0 aliphatic carbocycles. The van der Waals surface area contributed by atoms with Gasteiger partial charge in [0.25, 0.3) is 0 Å². The number of alkyl halides is 3. The number of nitrogens with zero attached hydrogens (tertiary/aromatic N) is 3. The first-order valence-corrected chi connectivity index (χ1v) is 10.1. The Bertz CT molecular complexity index is 1060. The van der Waals surface area contributed by atoms with E-state index in [0.29, 0.717) is 23.8 Å². The first kappa shape index (κ1) is 21.2. The molecule has 2 heterocycles. The van der Waals surface area contributed by atoms with Crippen LogP contribution in [0.5, 0.6) is 5.75 Å². The van der Waals surface area contributed by atoms with Crippen molar-refractivity contribution in [3.63, 3.8) is 0 Å². The third-order valence-corrected chi connectivity index (χ3v) is 5.61. The molecule has 0 bridgehead atoms. The Balaban J connectivity index is 1.37. The lowest BCUT2D eigenvalue weighted by Gasteiger charge is -2.30. The van der Waals surface area contributed by atoms with Gasteiger partial charge >= 0.3 is 11.9 Å². The van der Waals surface area contributed by atoms with E-state index in [1.54, 1.807) is 31.4 Å². The highest BCUT2D eigenvalue weighted by molar-refractivity contribution is 5.36. The number of hydrogen-bond acceptors (Lipinski definition) is 4. The molecule has 2 aromatic carbocycles. The van der Waals surface area contributed by atoms with Crippen LogP contribution in [0.4, 0.5) is 13.2 Å². The summed E-state index contributed by atoms with van der Waals surface area (Å²) in [5.74, 6) is 1.50. The molecule has 0 amide bonds. The van der Waals surface area contributed by atoms with E-state index in [-0.39, 0.29) is 11.6 Å². The number of nitrogens with one attached hydrogen (secondary N) is 1. The van der Waals surface area contributed by atoms with Gasteiger partial charge in [0, 0.05) is 12.5 Å². The lowest BCUT2D eigenvalue weighted by atomic mass is 9.96. The van der Waals surface area contributed by atoms with E-state index in [4.69, 9.17) is 4.74 Å². The molecule has 4 rings (SSSR count). The first-order valence-electron chi connectivity index (χ1n) is 10.1. The maximum absolute atomic E-state index is 12.7. The fourth-order valence-electron chi connectivity index (χ4n) is 3.84. The quantitative estimate of drug-likeness (QED) is 0.663. The lowest BCUT2D eigenvalue weighted by molar-refractivity contribution is -0.137. The molecule has 1 aliphatic rings. The van der Waals surface area contributed by atoms with E-state index in [9.17, 15) is 18.0 Å². The third-order valence-electron chi connectivity index (χ3n) is 5.61. The minimum Gasteiger partial charge on any atom is -0.497 e. The van der Waals surface area contributed by atoms with Gasteiger partial charge in [0.1, 0.15) is 11.6 Å². The van der Waals surface area contributed by atoms with E-state index in [1.807, 2.05) is 0 Å². The van der Waals surface area contributed by atoms with Crippen molar-refractivity contribution in [1.82, 2.24) is 19.7 Å². The van der Waals surface area contributed by atoms with Crippen LogP contribution < -0.4 is 10.4 Å². The topological polar surface area (TPSA) is 63.1 Å². The van der Waals surface area contributed by atoms with Crippen LogP contribution in [0, 0.1) is 0 Å². The average Bonchev–Trinajstić information content (AvgIpc) is 3.15. The van der Waals surface area contributed by atoms with E-state index >= 15 is 0 Å². The molecule has 0 spiro atoms. The molecule has 0 unspecified atom stereocenters. The van der Waals surface area contributed by atoms with Crippen molar-refractivity contribution in [3.8, 4) is 11.4 Å². The standard InChI is InChI=1S/C22H23F3N4O2/c1-31-19-8-6-18(7-9-19)29-21(30)26-20(27-29)16-10-12-28(13-11-16)14-15-2-4-17(5-3-15)22(23,24)25/h2-9,16H,10-14H2,1H3,(H,26,27,30). The molecule has 164 valence electrons. The molecular weight excluding hydrogens is 409 g/mol. The zero-order chi connectivity index (χ0) is 22.0. The summed E-state index contributed by atoms with van der Waals surface area (Å²) in [7, 11) is 1.58. The summed E-state index contributed by atoms with van der Waals surface area (Å²) in [6, 6.07) is 12.4. The van der Waals surface area contributed by atoms with Gasteiger partial charge in [-0.05, 0) is 67.9 Å². The number of rotatable bonds is 5. The molecular formula is C22H23F3N4O2. The number of hydrogen-bond donors (Lipinski definition) is 1. The van der Waals surface area contributed by atoms with Crippen LogP contribution >= 0.6 is 0 Å². The van der Waals surface area contributed by atoms with Crippen LogP contribution in [-0.4, -0.2) is 39.9 Å². The zero-order valence-corrected chi connectivity index (χ0v) is 17.0. The Morgan fingerprint density at radius 3 is 2.29 bits per heavy atom. The normalized spacial score (nSPS) is 15.9. The predicted molar refractivity (Wildman–Crippen MR) is 109 cm³/mol. The number of ether oxygens (including phenoxy) is 1. The molecule has 1 fully saturated rings. The Kier molecular flexibility index (Phi) is 5.86. The van der Waals surface area contributed by atoms with E-state index < -0.39 is 11.7 Å². The predicted octanol–water partition coefficient (Wildman–Crippen LogP) is 3.97. The van der Waals surface area contributed by atoms with Crippen LogP contribution in [0.25, 0.3) is 5.69 Å². The van der Waals surface area contributed by atoms with Gasteiger partial charge in [0.05, 0.1) is 18.4 Å². The maximum Gasteiger partial charge on any atom is 0.416 e. The number of aromatic nitrogens is 3. The summed E-state index contributed by atoms with van der Waals surface area (Å²) in [5, 5.41) is 4.48. The Labute approximate surface area is 177 Å². The second-order valence-corrected chi connectivity index (χ2v) is 7.67. The zero-order valence-electron chi connectivity index (χ0n) is 17.0. The lowest BCUT2D eigenvalue weighted by Crippen LogP contribution is -2.32. The smallest absolute Gasteiger partial charge is 0.416 e. The monoisotopic (exact) mass is 432 g/mol. The van der Waals surface area contributed by atoms with Crippen molar-refractivity contribution in [1.29, 1.82) is 0 Å². The van der Waals surface area contributed by atoms with Crippen molar-refractivity contribution >= 4 is 0 Å². The molecule has 0 atom stereocenters. The van der Waals surface area contributed by atoms with Gasteiger partial charge in [-0.3, -0.25) is 9.88 Å². The highest BCUT2D eigenvalue weighted by atomic mass is 19.4. The van der Waals surface area contributed by atoms with Gasteiger partial charge in [0.15, 0.2) is 0 Å². The van der Waals surface area contributed by atoms with Gasteiger partial charge in [0.2, 0.25) is 0 Å². The summed E-state index contributed by atoms with van der Waals surface area (Å²) >= 11 is 0. The summed E-state index contributed by atoms with van der Waals surface area (Å²) in [5.41, 5.74) is 0.593. The fraction of sp³-hybridized carbons (Fsp3) is 0.364. The van der Waals surface area contributed by atoms with Gasteiger partial charge in [-0.2, -0.15) is 17.9 Å². The number of methoxy groups -OCH3 is 1. The number of piperidine rings is 1. The fourth-order valence-corrected chi connectivity index (χ4v) is 3.84. The molecule has 1 saturated heterocycles. The van der Waals surface area contributed by atoms with Gasteiger partial charge in [-0.15, -0.1) is 5.10 Å². The van der Waals surface area contributed by atoms with E-state index in [0.717, 1.165) is 43.6 Å². The SMILES string of the molecule is COc1ccc(-n2nc(C3CCN(Cc4ccc(C(F)(F)F)cc4)CC3)[nH]c2=O)cc1. The third kappa shape index (κ3) is 4.82. The Morgan fingerprint density at radius 2 is 1.71 bits per heavy atom. The van der Waals surface area contributed by atoms with Gasteiger partial charge in [-0.25, -0.2) is 4.79 Å². The largest absolute Gasteiger partial charge is 0.497 e. The van der Waals surface area contributed by atoms with Gasteiger partial charge in [-0.1, -0.05) is 12.1 Å². The van der Waals surface area contributed by atoms with Gasteiger partial charge < -0.3 is 4.74 Å². The number of benzene rings is 2. The van der Waals surface area contributed by atoms with Crippen molar-refractivity contribution in [2.75, 3.05) is 20.2 Å². The average molecular weight is 432 g/mol. The summed E-state index contributed by atoms with van der Waals surface area (Å²) < 4.78 is 44.6. The number of likely N-dealkylation sites (tertiary alicyclic amines) is 1. The molecule has 1 aromatic heterocycles. The number of H-pyrrole nitrogens is 1. The molecule has 6 nitrogen and oxygen atoms in total. The van der Waals surface area contributed by atoms with E-state index in [1.165, 1.54) is 16.8 Å². The van der Waals surface area contributed by atoms with Crippen molar-refractivity contribution in [2.45, 2.75) is 31.5 Å². The van der Waals surface area contributed by atoms with E-state index in [2.05, 4.69) is 15.0 Å².